The fourth-order valence-electron chi connectivity index (χ4n) is 3.27. The molecule has 4 rings (SSSR count). The van der Waals surface area contributed by atoms with Crippen molar-refractivity contribution in [1.82, 2.24) is 14.5 Å². The number of anilines is 1. The first-order valence-corrected chi connectivity index (χ1v) is 10.8. The molecular weight excluding hydrogens is 436 g/mol. The lowest BCUT2D eigenvalue weighted by atomic mass is 10.2. The van der Waals surface area contributed by atoms with E-state index in [1.807, 2.05) is 24.3 Å². The van der Waals surface area contributed by atoms with Gasteiger partial charge in [0.25, 0.3) is 5.56 Å². The van der Waals surface area contributed by atoms with E-state index in [4.69, 9.17) is 21.3 Å². The average Bonchev–Trinajstić information content (AvgIpc) is 3.14. The van der Waals surface area contributed by atoms with E-state index in [0.29, 0.717) is 32.6 Å². The SMILES string of the molecule is C=CCn1c(SCC(=O)Nc2cc(Cl)ccc2OC)nc2c([nH]c3ccccc32)c1=O. The van der Waals surface area contributed by atoms with Crippen molar-refractivity contribution < 1.29 is 9.53 Å². The van der Waals surface area contributed by atoms with Crippen LogP contribution in [-0.4, -0.2) is 33.3 Å². The predicted molar refractivity (Wildman–Crippen MR) is 125 cm³/mol. The third-order valence-electron chi connectivity index (χ3n) is 4.66. The van der Waals surface area contributed by atoms with Crippen molar-refractivity contribution in [3.8, 4) is 5.75 Å². The topological polar surface area (TPSA) is 89.0 Å². The van der Waals surface area contributed by atoms with Crippen molar-refractivity contribution in [3.63, 3.8) is 0 Å². The molecule has 31 heavy (non-hydrogen) atoms. The van der Waals surface area contributed by atoms with Gasteiger partial charge in [-0.2, -0.15) is 0 Å². The normalized spacial score (nSPS) is 11.0. The van der Waals surface area contributed by atoms with Crippen molar-refractivity contribution in [2.24, 2.45) is 0 Å². The number of H-pyrrole nitrogens is 1. The number of ether oxygens (including phenoxy) is 1. The predicted octanol–water partition coefficient (Wildman–Crippen LogP) is 4.46. The third kappa shape index (κ3) is 4.17. The number of carbonyl (C=O) groups is 1. The number of aromatic amines is 1. The smallest absolute Gasteiger partial charge is 0.278 e. The van der Waals surface area contributed by atoms with E-state index >= 15 is 0 Å². The molecule has 2 heterocycles. The minimum Gasteiger partial charge on any atom is -0.495 e. The number of methoxy groups -OCH3 is 1. The second-order valence-corrected chi connectivity index (χ2v) is 8.05. The summed E-state index contributed by atoms with van der Waals surface area (Å²) in [7, 11) is 1.52. The fraction of sp³-hybridized carbons (Fsp3) is 0.136. The van der Waals surface area contributed by atoms with Gasteiger partial charge in [0.2, 0.25) is 5.91 Å². The Labute approximate surface area is 187 Å². The first kappa shape index (κ1) is 21.0. The summed E-state index contributed by atoms with van der Waals surface area (Å²) in [6, 6.07) is 12.6. The van der Waals surface area contributed by atoms with Crippen LogP contribution in [0.25, 0.3) is 21.9 Å². The summed E-state index contributed by atoms with van der Waals surface area (Å²) in [5.74, 6) is 0.279. The van der Waals surface area contributed by atoms with E-state index in [9.17, 15) is 9.59 Å². The summed E-state index contributed by atoms with van der Waals surface area (Å²) in [5.41, 5.74) is 2.12. The van der Waals surface area contributed by atoms with Gasteiger partial charge in [-0.1, -0.05) is 47.6 Å². The fourth-order valence-corrected chi connectivity index (χ4v) is 4.24. The van der Waals surface area contributed by atoms with Crippen LogP contribution < -0.4 is 15.6 Å². The van der Waals surface area contributed by atoms with Gasteiger partial charge in [-0.25, -0.2) is 4.98 Å². The minimum atomic E-state index is -0.274. The van der Waals surface area contributed by atoms with Gasteiger partial charge in [0, 0.05) is 22.5 Å². The number of para-hydroxylation sites is 1. The Bertz CT molecular complexity index is 1360. The van der Waals surface area contributed by atoms with Gasteiger partial charge in [0.1, 0.15) is 16.8 Å². The molecule has 0 saturated heterocycles. The molecule has 0 radical (unpaired) electrons. The molecule has 0 bridgehead atoms. The highest BCUT2D eigenvalue weighted by Crippen LogP contribution is 2.28. The number of carbonyl (C=O) groups excluding carboxylic acids is 1. The van der Waals surface area contributed by atoms with E-state index in [1.54, 1.807) is 24.3 Å². The van der Waals surface area contributed by atoms with Gasteiger partial charge in [-0.3, -0.25) is 14.2 Å². The quantitative estimate of drug-likeness (QED) is 0.244. The molecule has 0 unspecified atom stereocenters. The highest BCUT2D eigenvalue weighted by molar-refractivity contribution is 7.99. The monoisotopic (exact) mass is 454 g/mol. The van der Waals surface area contributed by atoms with Crippen molar-refractivity contribution in [1.29, 1.82) is 0 Å². The van der Waals surface area contributed by atoms with Gasteiger partial charge in [-0.15, -0.1) is 6.58 Å². The van der Waals surface area contributed by atoms with Gasteiger partial charge < -0.3 is 15.0 Å². The molecular formula is C22H19ClN4O3S. The molecule has 2 aromatic carbocycles. The van der Waals surface area contributed by atoms with Gasteiger partial charge >= 0.3 is 0 Å². The van der Waals surface area contributed by atoms with Crippen LogP contribution >= 0.6 is 23.4 Å². The van der Waals surface area contributed by atoms with Gasteiger partial charge in [-0.05, 0) is 24.3 Å². The lowest BCUT2D eigenvalue weighted by Gasteiger charge is -2.12. The number of fused-ring (bicyclic) bond motifs is 3. The summed E-state index contributed by atoms with van der Waals surface area (Å²) in [5, 5.41) is 4.57. The van der Waals surface area contributed by atoms with Crippen LogP contribution in [0.3, 0.4) is 0 Å². The molecule has 0 aliphatic carbocycles. The molecule has 0 aliphatic rings. The van der Waals surface area contributed by atoms with Crippen LogP contribution in [-0.2, 0) is 11.3 Å². The third-order valence-corrected chi connectivity index (χ3v) is 5.87. The van der Waals surface area contributed by atoms with Crippen molar-refractivity contribution in [2.45, 2.75) is 11.7 Å². The lowest BCUT2D eigenvalue weighted by Crippen LogP contribution is -2.24. The molecule has 0 atom stereocenters. The summed E-state index contributed by atoms with van der Waals surface area (Å²) < 4.78 is 6.76. The number of halogens is 1. The van der Waals surface area contributed by atoms with E-state index in [0.717, 1.165) is 10.9 Å². The largest absolute Gasteiger partial charge is 0.495 e. The molecule has 2 N–H and O–H groups in total. The Hall–Kier alpha value is -3.23. The average molecular weight is 455 g/mol. The number of rotatable bonds is 7. The Morgan fingerprint density at radius 1 is 1.35 bits per heavy atom. The number of benzene rings is 2. The maximum absolute atomic E-state index is 13.1. The van der Waals surface area contributed by atoms with Crippen LogP contribution in [0.5, 0.6) is 5.75 Å². The second-order valence-electron chi connectivity index (χ2n) is 6.67. The van der Waals surface area contributed by atoms with Gasteiger partial charge in [0.05, 0.1) is 18.6 Å². The zero-order valence-corrected chi connectivity index (χ0v) is 18.2. The number of amides is 1. The Morgan fingerprint density at radius 3 is 2.94 bits per heavy atom. The molecule has 7 nitrogen and oxygen atoms in total. The number of hydrogen-bond donors (Lipinski definition) is 2. The van der Waals surface area contributed by atoms with Crippen molar-refractivity contribution in [3.05, 3.63) is 70.5 Å². The molecule has 0 aliphatic heterocycles. The zero-order valence-electron chi connectivity index (χ0n) is 16.6. The number of nitrogens with zero attached hydrogens (tertiary/aromatic N) is 2. The molecule has 158 valence electrons. The zero-order chi connectivity index (χ0) is 22.0. The van der Waals surface area contributed by atoms with E-state index in [1.165, 1.54) is 23.4 Å². The highest BCUT2D eigenvalue weighted by atomic mass is 35.5. The number of allylic oxidation sites excluding steroid dienone is 1. The van der Waals surface area contributed by atoms with Crippen molar-refractivity contribution in [2.75, 3.05) is 18.2 Å². The Kier molecular flexibility index (Phi) is 6.01. The second kappa shape index (κ2) is 8.87. The Balaban J connectivity index is 1.64. The molecule has 2 aromatic heterocycles. The summed E-state index contributed by atoms with van der Waals surface area (Å²) >= 11 is 7.20. The van der Waals surface area contributed by atoms with E-state index in [-0.39, 0.29) is 23.8 Å². The molecule has 0 saturated carbocycles. The standard InChI is InChI=1S/C22H19ClN4O3S/c1-3-10-27-21(29)20-19(14-6-4-5-7-15(14)25-20)26-22(27)31-12-18(28)24-16-11-13(23)8-9-17(16)30-2/h3-9,11,25H,1,10,12H2,2H3,(H,24,28). The first-order chi connectivity index (χ1) is 15.0. The van der Waals surface area contributed by atoms with E-state index < -0.39 is 0 Å². The van der Waals surface area contributed by atoms with E-state index in [2.05, 4.69) is 16.9 Å². The number of hydrogen-bond acceptors (Lipinski definition) is 5. The Morgan fingerprint density at radius 2 is 2.16 bits per heavy atom. The van der Waals surface area contributed by atoms with Crippen LogP contribution in [0.1, 0.15) is 0 Å². The van der Waals surface area contributed by atoms with Crippen LogP contribution in [0.2, 0.25) is 5.02 Å². The van der Waals surface area contributed by atoms with Gasteiger partial charge in [0.15, 0.2) is 5.16 Å². The molecule has 9 heteroatoms. The van der Waals surface area contributed by atoms with Crippen LogP contribution in [0.4, 0.5) is 5.69 Å². The highest BCUT2D eigenvalue weighted by Gasteiger charge is 2.17. The summed E-state index contributed by atoms with van der Waals surface area (Å²) in [6.07, 6.45) is 1.62. The number of nitrogens with one attached hydrogen (secondary N) is 2. The lowest BCUT2D eigenvalue weighted by molar-refractivity contribution is -0.113. The molecule has 0 spiro atoms. The maximum Gasteiger partial charge on any atom is 0.278 e. The van der Waals surface area contributed by atoms with Crippen LogP contribution in [0, 0.1) is 0 Å². The van der Waals surface area contributed by atoms with Crippen molar-refractivity contribution >= 4 is 56.9 Å². The summed E-state index contributed by atoms with van der Waals surface area (Å²) in [6.45, 7) is 4.01. The molecule has 4 aromatic rings. The number of thioether (sulfide) groups is 1. The van der Waals surface area contributed by atoms with Crippen LogP contribution in [0.15, 0.2) is 65.1 Å². The summed E-state index contributed by atoms with van der Waals surface area (Å²) in [4.78, 5) is 33.5. The minimum absolute atomic E-state index is 0.0487. The number of aromatic nitrogens is 3. The first-order valence-electron chi connectivity index (χ1n) is 9.40. The molecule has 1 amide bonds. The maximum atomic E-state index is 13.1. The molecule has 0 fully saturated rings.